The number of para-hydroxylation sites is 1. The highest BCUT2D eigenvalue weighted by Crippen LogP contribution is 2.47. The first-order valence-electron chi connectivity index (χ1n) is 9.21. The lowest BCUT2D eigenvalue weighted by atomic mass is 9.73. The van der Waals surface area contributed by atoms with Gasteiger partial charge in [-0.2, -0.15) is 5.10 Å². The van der Waals surface area contributed by atoms with Crippen molar-refractivity contribution in [3.8, 4) is 0 Å². The number of anilines is 1. The number of nitrogens with one attached hydrogen (secondary N) is 1. The normalized spacial score (nSPS) is 18.0. The van der Waals surface area contributed by atoms with Crippen LogP contribution in [0.5, 0.6) is 0 Å². The molecule has 7 heteroatoms. The van der Waals surface area contributed by atoms with E-state index in [0.29, 0.717) is 44.5 Å². The summed E-state index contributed by atoms with van der Waals surface area (Å²) in [5.74, 6) is 0.193. The molecule has 1 aromatic heterocycles. The Kier molecular flexibility index (Phi) is 4.30. The van der Waals surface area contributed by atoms with Crippen molar-refractivity contribution in [3.05, 3.63) is 58.0 Å². The van der Waals surface area contributed by atoms with Crippen LogP contribution in [0.4, 0.5) is 5.69 Å². The van der Waals surface area contributed by atoms with Gasteiger partial charge >= 0.3 is 0 Å². The van der Waals surface area contributed by atoms with E-state index in [1.807, 2.05) is 36.2 Å². The summed E-state index contributed by atoms with van der Waals surface area (Å²) in [6.45, 7) is 1.15. The Morgan fingerprint density at radius 1 is 1.15 bits per heavy atom. The van der Waals surface area contributed by atoms with Crippen molar-refractivity contribution in [3.63, 3.8) is 0 Å². The predicted octanol–water partition coefficient (Wildman–Crippen LogP) is 1.24. The van der Waals surface area contributed by atoms with Gasteiger partial charge in [-0.05, 0) is 30.5 Å². The number of rotatable bonds is 3. The molecule has 3 heterocycles. The zero-order valence-corrected chi connectivity index (χ0v) is 15.3. The lowest BCUT2D eigenvalue weighted by Gasteiger charge is -2.38. The number of amides is 2. The van der Waals surface area contributed by atoms with E-state index in [9.17, 15) is 14.4 Å². The SMILES string of the molecule is CN1C(=O)C2(CCN(C(=O)CCc3ccc(=O)[nH]n3)CC2)c2ccccc21. The number of H-pyrrole nitrogens is 1. The van der Waals surface area contributed by atoms with Crippen molar-refractivity contribution < 1.29 is 9.59 Å². The highest BCUT2D eigenvalue weighted by Gasteiger charge is 2.51. The van der Waals surface area contributed by atoms with E-state index >= 15 is 0 Å². The standard InChI is InChI=1S/C20H22N4O3/c1-23-16-5-3-2-4-15(16)20(19(23)27)10-12-24(13-11-20)18(26)9-7-14-6-8-17(25)22-21-14/h2-6,8H,7,9-13H2,1H3,(H,22,25). The van der Waals surface area contributed by atoms with Crippen LogP contribution in [-0.4, -0.2) is 47.0 Å². The molecule has 1 spiro atoms. The number of aromatic amines is 1. The minimum atomic E-state index is -0.497. The van der Waals surface area contributed by atoms with Crippen molar-refractivity contribution in [2.45, 2.75) is 31.1 Å². The van der Waals surface area contributed by atoms with Gasteiger partial charge < -0.3 is 9.80 Å². The molecule has 0 atom stereocenters. The van der Waals surface area contributed by atoms with Gasteiger partial charge in [0.25, 0.3) is 5.56 Å². The molecule has 2 amide bonds. The molecule has 0 aliphatic carbocycles. The summed E-state index contributed by atoms with van der Waals surface area (Å²) in [4.78, 5) is 40.1. The second kappa shape index (κ2) is 6.64. The van der Waals surface area contributed by atoms with E-state index < -0.39 is 5.41 Å². The Balaban J connectivity index is 1.41. The van der Waals surface area contributed by atoms with E-state index in [1.165, 1.54) is 6.07 Å². The fourth-order valence-corrected chi connectivity index (χ4v) is 4.24. The third-order valence-electron chi connectivity index (χ3n) is 5.80. The number of benzene rings is 1. The van der Waals surface area contributed by atoms with Crippen molar-refractivity contribution in [2.75, 3.05) is 25.0 Å². The first kappa shape index (κ1) is 17.5. The second-order valence-corrected chi connectivity index (χ2v) is 7.26. The molecule has 0 radical (unpaired) electrons. The largest absolute Gasteiger partial charge is 0.343 e. The molecule has 140 valence electrons. The fourth-order valence-electron chi connectivity index (χ4n) is 4.24. The Hall–Kier alpha value is -2.96. The zero-order chi connectivity index (χ0) is 19.0. The Bertz CT molecular complexity index is 924. The lowest BCUT2D eigenvalue weighted by Crippen LogP contribution is -2.49. The van der Waals surface area contributed by atoms with Crippen LogP contribution in [0, 0.1) is 0 Å². The average Bonchev–Trinajstić information content (AvgIpc) is 2.90. The quantitative estimate of drug-likeness (QED) is 0.885. The van der Waals surface area contributed by atoms with Gasteiger partial charge in [-0.25, -0.2) is 5.10 Å². The fraction of sp³-hybridized carbons (Fsp3) is 0.400. The predicted molar refractivity (Wildman–Crippen MR) is 101 cm³/mol. The number of hydrogen-bond donors (Lipinski definition) is 1. The second-order valence-electron chi connectivity index (χ2n) is 7.26. The molecule has 2 aliphatic heterocycles. The summed E-state index contributed by atoms with van der Waals surface area (Å²) < 4.78 is 0. The van der Waals surface area contributed by atoms with Crippen LogP contribution in [0.2, 0.25) is 0 Å². The van der Waals surface area contributed by atoms with Gasteiger partial charge in [0.2, 0.25) is 11.8 Å². The van der Waals surface area contributed by atoms with Gasteiger partial charge in [0.1, 0.15) is 0 Å². The molecule has 1 N–H and O–H groups in total. The Morgan fingerprint density at radius 2 is 1.89 bits per heavy atom. The highest BCUT2D eigenvalue weighted by molar-refractivity contribution is 6.07. The summed E-state index contributed by atoms with van der Waals surface area (Å²) in [6.07, 6.45) is 2.13. The molecule has 7 nitrogen and oxygen atoms in total. The average molecular weight is 366 g/mol. The van der Waals surface area contributed by atoms with Crippen LogP contribution in [0.1, 0.15) is 30.5 Å². The first-order chi connectivity index (χ1) is 13.0. The van der Waals surface area contributed by atoms with Crippen LogP contribution in [0.25, 0.3) is 0 Å². The molecule has 1 fully saturated rings. The molecule has 2 aliphatic rings. The third-order valence-corrected chi connectivity index (χ3v) is 5.80. The Morgan fingerprint density at radius 3 is 2.59 bits per heavy atom. The van der Waals surface area contributed by atoms with E-state index in [1.54, 1.807) is 11.0 Å². The van der Waals surface area contributed by atoms with Crippen molar-refractivity contribution in [1.82, 2.24) is 15.1 Å². The van der Waals surface area contributed by atoms with Gasteiger partial charge in [0.05, 0.1) is 11.1 Å². The number of fused-ring (bicyclic) bond motifs is 2. The minimum absolute atomic E-state index is 0.0601. The highest BCUT2D eigenvalue weighted by atomic mass is 16.2. The molecule has 4 rings (SSSR count). The smallest absolute Gasteiger partial charge is 0.264 e. The molecule has 0 saturated carbocycles. The van der Waals surface area contributed by atoms with Crippen LogP contribution >= 0.6 is 0 Å². The molecule has 0 bridgehead atoms. The van der Waals surface area contributed by atoms with Crippen molar-refractivity contribution in [2.24, 2.45) is 0 Å². The molecule has 1 saturated heterocycles. The summed E-state index contributed by atoms with van der Waals surface area (Å²) in [5, 5.41) is 6.32. The van der Waals surface area contributed by atoms with Crippen molar-refractivity contribution in [1.29, 1.82) is 0 Å². The molecule has 27 heavy (non-hydrogen) atoms. The van der Waals surface area contributed by atoms with E-state index in [-0.39, 0.29) is 17.4 Å². The third kappa shape index (κ3) is 2.93. The van der Waals surface area contributed by atoms with Crippen LogP contribution in [0.15, 0.2) is 41.2 Å². The van der Waals surface area contributed by atoms with Gasteiger partial charge in [-0.3, -0.25) is 14.4 Å². The van der Waals surface area contributed by atoms with Gasteiger partial charge in [-0.1, -0.05) is 18.2 Å². The van der Waals surface area contributed by atoms with Crippen LogP contribution < -0.4 is 10.5 Å². The maximum Gasteiger partial charge on any atom is 0.264 e. The number of aryl methyl sites for hydroxylation is 1. The first-order valence-corrected chi connectivity index (χ1v) is 9.21. The number of likely N-dealkylation sites (tertiary alicyclic amines) is 1. The number of hydrogen-bond acceptors (Lipinski definition) is 4. The topological polar surface area (TPSA) is 86.4 Å². The van der Waals surface area contributed by atoms with Crippen molar-refractivity contribution >= 4 is 17.5 Å². The van der Waals surface area contributed by atoms with E-state index in [4.69, 9.17) is 0 Å². The summed E-state index contributed by atoms with van der Waals surface area (Å²) in [7, 11) is 1.82. The van der Waals surface area contributed by atoms with E-state index in [0.717, 1.165) is 11.3 Å². The molecular formula is C20H22N4O3. The number of piperidine rings is 1. The monoisotopic (exact) mass is 366 g/mol. The molecule has 0 unspecified atom stereocenters. The van der Waals surface area contributed by atoms with Crippen LogP contribution in [0.3, 0.4) is 0 Å². The maximum atomic E-state index is 12.9. The lowest BCUT2D eigenvalue weighted by molar-refractivity contribution is -0.135. The number of nitrogens with zero attached hydrogens (tertiary/aromatic N) is 3. The minimum Gasteiger partial charge on any atom is -0.343 e. The van der Waals surface area contributed by atoms with Crippen LogP contribution in [-0.2, 0) is 21.4 Å². The number of aromatic nitrogens is 2. The molecule has 1 aromatic carbocycles. The van der Waals surface area contributed by atoms with Gasteiger partial charge in [0.15, 0.2) is 0 Å². The van der Waals surface area contributed by atoms with E-state index in [2.05, 4.69) is 10.2 Å². The Labute approximate surface area is 157 Å². The summed E-state index contributed by atoms with van der Waals surface area (Å²) in [6, 6.07) is 11.0. The molecule has 2 aromatic rings. The van der Waals surface area contributed by atoms with Gasteiger partial charge in [0, 0.05) is 44.7 Å². The maximum absolute atomic E-state index is 12.9. The summed E-state index contributed by atoms with van der Waals surface area (Å²) >= 11 is 0. The molecular weight excluding hydrogens is 344 g/mol. The number of carbonyl (C=O) groups excluding carboxylic acids is 2. The van der Waals surface area contributed by atoms with Gasteiger partial charge in [-0.15, -0.1) is 0 Å². The summed E-state index contributed by atoms with van der Waals surface area (Å²) in [5.41, 5.74) is 2.01. The zero-order valence-electron chi connectivity index (χ0n) is 15.3. The number of carbonyl (C=O) groups is 2. The number of likely N-dealkylation sites (N-methyl/N-ethyl adjacent to an activating group) is 1.